The molecule has 0 radical (unpaired) electrons. The molecule has 0 saturated carbocycles. The summed E-state index contributed by atoms with van der Waals surface area (Å²) in [5.41, 5.74) is 2.37. The van der Waals surface area contributed by atoms with Gasteiger partial charge in [-0.1, -0.05) is 78.9 Å². The molecule has 1 aliphatic rings. The van der Waals surface area contributed by atoms with Crippen molar-refractivity contribution in [1.82, 2.24) is 4.57 Å². The molecule has 0 bridgehead atoms. The topological polar surface area (TPSA) is 42.3 Å². The molecule has 0 unspecified atom stereocenters. The summed E-state index contributed by atoms with van der Waals surface area (Å²) in [5, 5.41) is 1.03. The number of nitrogens with zero attached hydrogens (tertiary/aromatic N) is 2. The smallest absolute Gasteiger partial charge is 0.308 e. The first-order valence-electron chi connectivity index (χ1n) is 12.6. The number of benzene rings is 5. The number of fused-ring (bicyclic) bond motifs is 4. The molecule has 7 heteroatoms. The molecular formula is C33H19F3N2O2. The van der Waals surface area contributed by atoms with Crippen molar-refractivity contribution in [3.05, 3.63) is 132 Å². The third kappa shape index (κ3) is 3.48. The Kier molecular flexibility index (Phi) is 5.19. The number of imide groups is 1. The maximum Gasteiger partial charge on any atom is 0.418 e. The summed E-state index contributed by atoms with van der Waals surface area (Å²) in [6.07, 6.45) is -4.63. The van der Waals surface area contributed by atoms with Gasteiger partial charge in [-0.3, -0.25) is 9.59 Å². The van der Waals surface area contributed by atoms with E-state index < -0.39 is 23.6 Å². The number of rotatable bonds is 3. The van der Waals surface area contributed by atoms with Gasteiger partial charge in [-0.25, -0.2) is 4.90 Å². The highest BCUT2D eigenvalue weighted by Gasteiger charge is 2.40. The van der Waals surface area contributed by atoms with E-state index in [1.807, 2.05) is 42.5 Å². The van der Waals surface area contributed by atoms with Crippen LogP contribution in [0, 0.1) is 0 Å². The van der Waals surface area contributed by atoms with Gasteiger partial charge in [0.2, 0.25) is 0 Å². The second-order valence-corrected chi connectivity index (χ2v) is 9.61. The lowest BCUT2D eigenvalue weighted by molar-refractivity contribution is -0.136. The van der Waals surface area contributed by atoms with Crippen molar-refractivity contribution < 1.29 is 22.8 Å². The van der Waals surface area contributed by atoms with Crippen LogP contribution in [0.3, 0.4) is 0 Å². The fraction of sp³-hybridized carbons (Fsp3) is 0.0303. The minimum Gasteiger partial charge on any atom is -0.308 e. The zero-order chi connectivity index (χ0) is 27.6. The number of hydrogen-bond acceptors (Lipinski definition) is 2. The lowest BCUT2D eigenvalue weighted by Gasteiger charge is -2.16. The number of halogens is 3. The van der Waals surface area contributed by atoms with Crippen LogP contribution < -0.4 is 4.90 Å². The predicted octanol–water partition coefficient (Wildman–Crippen LogP) is 8.27. The van der Waals surface area contributed by atoms with E-state index in [4.69, 9.17) is 0 Å². The van der Waals surface area contributed by atoms with Crippen molar-refractivity contribution >= 4 is 39.3 Å². The first-order chi connectivity index (χ1) is 19.3. The first kappa shape index (κ1) is 23.9. The largest absolute Gasteiger partial charge is 0.418 e. The molecule has 2 amide bonds. The zero-order valence-corrected chi connectivity index (χ0v) is 20.8. The van der Waals surface area contributed by atoms with Gasteiger partial charge < -0.3 is 4.57 Å². The first-order valence-corrected chi connectivity index (χ1v) is 12.6. The molecule has 0 fully saturated rings. The molecular weight excluding hydrogens is 513 g/mol. The van der Waals surface area contributed by atoms with Gasteiger partial charge >= 0.3 is 6.18 Å². The summed E-state index contributed by atoms with van der Waals surface area (Å²) in [7, 11) is 0. The minimum atomic E-state index is -4.63. The number of anilines is 1. The van der Waals surface area contributed by atoms with Crippen LogP contribution in [0.25, 0.3) is 38.6 Å². The number of alkyl halides is 3. The molecule has 0 aliphatic carbocycles. The van der Waals surface area contributed by atoms with Crippen LogP contribution in [-0.4, -0.2) is 16.4 Å². The normalized spacial score (nSPS) is 13.4. The fourth-order valence-electron chi connectivity index (χ4n) is 5.62. The predicted molar refractivity (Wildman–Crippen MR) is 149 cm³/mol. The van der Waals surface area contributed by atoms with Crippen molar-refractivity contribution in [2.24, 2.45) is 0 Å². The van der Waals surface area contributed by atoms with E-state index >= 15 is 0 Å². The van der Waals surface area contributed by atoms with Crippen molar-refractivity contribution in [2.45, 2.75) is 6.18 Å². The Morgan fingerprint density at radius 3 is 1.98 bits per heavy atom. The zero-order valence-electron chi connectivity index (χ0n) is 20.8. The standard InChI is InChI=1S/C33H19F3N2O2/c34-33(35,36)26-13-6-11-24-23-10-4-5-14-27(23)38(30(24)26)28-15-7-12-25-29(28)32(40)37(31(25)39)22-18-16-21(17-19-22)20-8-2-1-3-9-20/h1-19H. The Bertz CT molecular complexity index is 1970. The second kappa shape index (κ2) is 8.68. The van der Waals surface area contributed by atoms with Crippen LogP contribution in [-0.2, 0) is 6.18 Å². The molecule has 194 valence electrons. The lowest BCUT2D eigenvalue weighted by atomic mass is 10.1. The maximum absolute atomic E-state index is 14.3. The molecule has 4 nitrogen and oxygen atoms in total. The summed E-state index contributed by atoms with van der Waals surface area (Å²) in [6.45, 7) is 0. The van der Waals surface area contributed by atoms with Crippen molar-refractivity contribution in [3.63, 3.8) is 0 Å². The molecule has 0 spiro atoms. The highest BCUT2D eigenvalue weighted by atomic mass is 19.4. The molecule has 0 N–H and O–H groups in total. The van der Waals surface area contributed by atoms with Crippen LogP contribution in [0.4, 0.5) is 18.9 Å². The van der Waals surface area contributed by atoms with Gasteiger partial charge in [-0.2, -0.15) is 13.2 Å². The molecule has 40 heavy (non-hydrogen) atoms. The molecule has 1 aromatic heterocycles. The number of carbonyl (C=O) groups excluding carboxylic acids is 2. The molecule has 1 aliphatic heterocycles. The van der Waals surface area contributed by atoms with E-state index in [-0.39, 0.29) is 22.3 Å². The highest BCUT2D eigenvalue weighted by molar-refractivity contribution is 6.35. The van der Waals surface area contributed by atoms with Gasteiger partial charge in [0.1, 0.15) is 0 Å². The van der Waals surface area contributed by atoms with Gasteiger partial charge in [0, 0.05) is 10.8 Å². The fourth-order valence-corrected chi connectivity index (χ4v) is 5.62. The van der Waals surface area contributed by atoms with E-state index in [9.17, 15) is 22.8 Å². The monoisotopic (exact) mass is 532 g/mol. The summed E-state index contributed by atoms with van der Waals surface area (Å²) >= 11 is 0. The molecule has 2 heterocycles. The van der Waals surface area contributed by atoms with E-state index in [2.05, 4.69) is 0 Å². The summed E-state index contributed by atoms with van der Waals surface area (Å²) in [5.74, 6) is -1.11. The molecule has 6 aromatic rings. The van der Waals surface area contributed by atoms with Crippen molar-refractivity contribution in [3.8, 4) is 16.8 Å². The Hall–Kier alpha value is -5.17. The highest BCUT2D eigenvalue weighted by Crippen LogP contribution is 2.42. The van der Waals surface area contributed by atoms with E-state index in [1.54, 1.807) is 54.6 Å². The van der Waals surface area contributed by atoms with Crippen LogP contribution >= 0.6 is 0 Å². The quantitative estimate of drug-likeness (QED) is 0.215. The average molecular weight is 533 g/mol. The number of hydrogen-bond donors (Lipinski definition) is 0. The number of aromatic nitrogens is 1. The Balaban J connectivity index is 1.42. The second-order valence-electron chi connectivity index (χ2n) is 9.61. The van der Waals surface area contributed by atoms with Gasteiger partial charge in [0.15, 0.2) is 0 Å². The van der Waals surface area contributed by atoms with E-state index in [0.717, 1.165) is 22.1 Å². The van der Waals surface area contributed by atoms with Crippen molar-refractivity contribution in [2.75, 3.05) is 4.90 Å². The SMILES string of the molecule is O=C1c2cccc(-n3c4ccccc4c4cccc(C(F)(F)F)c43)c2C(=O)N1c1ccc(-c2ccccc2)cc1. The van der Waals surface area contributed by atoms with Gasteiger partial charge in [-0.05, 0) is 47.5 Å². The third-order valence-electron chi connectivity index (χ3n) is 7.37. The Labute approximate surface area is 226 Å². The van der Waals surface area contributed by atoms with Gasteiger partial charge in [-0.15, -0.1) is 0 Å². The van der Waals surface area contributed by atoms with Crippen LogP contribution in [0.5, 0.6) is 0 Å². The maximum atomic E-state index is 14.3. The van der Waals surface area contributed by atoms with Crippen LogP contribution in [0.1, 0.15) is 26.3 Å². The lowest BCUT2D eigenvalue weighted by Crippen LogP contribution is -2.29. The van der Waals surface area contributed by atoms with Gasteiger partial charge in [0.25, 0.3) is 11.8 Å². The molecule has 0 saturated heterocycles. The minimum absolute atomic E-state index is 0.0597. The number of para-hydroxylation sites is 2. The Morgan fingerprint density at radius 1 is 0.575 bits per heavy atom. The van der Waals surface area contributed by atoms with Crippen molar-refractivity contribution in [1.29, 1.82) is 0 Å². The van der Waals surface area contributed by atoms with Crippen LogP contribution in [0.15, 0.2) is 115 Å². The third-order valence-corrected chi connectivity index (χ3v) is 7.37. The Morgan fingerprint density at radius 2 is 1.23 bits per heavy atom. The van der Waals surface area contributed by atoms with E-state index in [1.165, 1.54) is 16.7 Å². The summed E-state index contributed by atoms with van der Waals surface area (Å²) in [6, 6.07) is 32.5. The van der Waals surface area contributed by atoms with E-state index in [0.29, 0.717) is 22.0 Å². The summed E-state index contributed by atoms with van der Waals surface area (Å²) in [4.78, 5) is 28.5. The summed E-state index contributed by atoms with van der Waals surface area (Å²) < 4.78 is 44.2. The average Bonchev–Trinajstić information content (AvgIpc) is 3.44. The molecule has 0 atom stereocenters. The molecule has 7 rings (SSSR count). The molecule has 5 aromatic carbocycles. The number of carbonyl (C=O) groups is 2. The van der Waals surface area contributed by atoms with Crippen LogP contribution in [0.2, 0.25) is 0 Å². The number of amides is 2. The van der Waals surface area contributed by atoms with Gasteiger partial charge in [0.05, 0.1) is 39.1 Å².